The van der Waals surface area contributed by atoms with Gasteiger partial charge in [0.25, 0.3) is 0 Å². The zero-order chi connectivity index (χ0) is 15.6. The van der Waals surface area contributed by atoms with Crippen molar-refractivity contribution in [2.24, 2.45) is 0 Å². The first-order valence-corrected chi connectivity index (χ1v) is 6.62. The molecule has 0 aliphatic rings. The van der Waals surface area contributed by atoms with Gasteiger partial charge in [-0.3, -0.25) is 4.98 Å². The minimum absolute atomic E-state index is 0.0730. The fourth-order valence-corrected chi connectivity index (χ4v) is 2.29. The van der Waals surface area contributed by atoms with Crippen molar-refractivity contribution in [3.05, 3.63) is 72.3 Å². The summed E-state index contributed by atoms with van der Waals surface area (Å²) >= 11 is 0. The highest BCUT2D eigenvalue weighted by Gasteiger charge is 2.34. The van der Waals surface area contributed by atoms with Crippen molar-refractivity contribution in [3.63, 3.8) is 0 Å². The van der Waals surface area contributed by atoms with Gasteiger partial charge in [-0.25, -0.2) is 4.98 Å². The maximum absolute atomic E-state index is 13.2. The van der Waals surface area contributed by atoms with Gasteiger partial charge in [-0.05, 0) is 17.7 Å². The number of aromatic nitrogens is 3. The van der Waals surface area contributed by atoms with Crippen molar-refractivity contribution in [2.75, 3.05) is 0 Å². The van der Waals surface area contributed by atoms with E-state index in [2.05, 4.69) is 9.97 Å². The fraction of sp³-hybridized carbons (Fsp3) is 0.125. The molecular formula is C16H12F3N3. The highest BCUT2D eigenvalue weighted by molar-refractivity contribution is 5.61. The number of nitrogens with zero attached hydrogens (tertiary/aromatic N) is 3. The lowest BCUT2D eigenvalue weighted by atomic mass is 10.1. The van der Waals surface area contributed by atoms with E-state index in [4.69, 9.17) is 0 Å². The number of halogens is 3. The van der Waals surface area contributed by atoms with E-state index in [0.29, 0.717) is 6.54 Å². The third kappa shape index (κ3) is 2.86. The predicted octanol–water partition coefficient (Wildman–Crippen LogP) is 4.01. The van der Waals surface area contributed by atoms with Gasteiger partial charge in [0.1, 0.15) is 5.82 Å². The monoisotopic (exact) mass is 303 g/mol. The topological polar surface area (TPSA) is 30.7 Å². The highest BCUT2D eigenvalue weighted by Crippen LogP contribution is 2.36. The molecule has 2 aromatic heterocycles. The molecule has 0 saturated carbocycles. The van der Waals surface area contributed by atoms with Crippen molar-refractivity contribution >= 4 is 0 Å². The summed E-state index contributed by atoms with van der Waals surface area (Å²) in [5.41, 5.74) is 0.281. The molecule has 6 heteroatoms. The number of imidazole rings is 1. The molecule has 0 spiro atoms. The fourth-order valence-electron chi connectivity index (χ4n) is 2.29. The van der Waals surface area contributed by atoms with Crippen LogP contribution >= 0.6 is 0 Å². The second kappa shape index (κ2) is 5.63. The molecule has 22 heavy (non-hydrogen) atoms. The Hall–Kier alpha value is -2.63. The Bertz CT molecular complexity index is 764. The van der Waals surface area contributed by atoms with Gasteiger partial charge in [0.05, 0.1) is 12.1 Å². The summed E-state index contributed by atoms with van der Waals surface area (Å²) in [5.74, 6) is 0.289. The number of rotatable bonds is 3. The molecule has 0 aliphatic heterocycles. The number of hydrogen-bond donors (Lipinski definition) is 0. The molecule has 112 valence electrons. The second-order valence-electron chi connectivity index (χ2n) is 4.78. The standard InChI is InChI=1S/C16H12F3N3/c17-16(18,19)14-6-2-1-5-13(14)15-21-8-9-22(15)11-12-4-3-7-20-10-12/h1-10H,11H2. The van der Waals surface area contributed by atoms with Gasteiger partial charge >= 0.3 is 6.18 Å². The minimum Gasteiger partial charge on any atom is -0.326 e. The van der Waals surface area contributed by atoms with Crippen LogP contribution in [0.1, 0.15) is 11.1 Å². The van der Waals surface area contributed by atoms with Crippen LogP contribution in [0.4, 0.5) is 13.2 Å². The van der Waals surface area contributed by atoms with E-state index < -0.39 is 11.7 Å². The summed E-state index contributed by atoms with van der Waals surface area (Å²) in [4.78, 5) is 8.11. The van der Waals surface area contributed by atoms with Gasteiger partial charge in [0, 0.05) is 30.4 Å². The largest absolute Gasteiger partial charge is 0.417 e. The molecule has 0 unspecified atom stereocenters. The van der Waals surface area contributed by atoms with Crippen LogP contribution in [0.15, 0.2) is 61.2 Å². The van der Waals surface area contributed by atoms with Gasteiger partial charge in [0.2, 0.25) is 0 Å². The third-order valence-corrected chi connectivity index (χ3v) is 3.26. The Morgan fingerprint density at radius 3 is 2.55 bits per heavy atom. The lowest BCUT2D eigenvalue weighted by molar-refractivity contribution is -0.137. The van der Waals surface area contributed by atoms with E-state index >= 15 is 0 Å². The average Bonchev–Trinajstić information content (AvgIpc) is 2.95. The van der Waals surface area contributed by atoms with Gasteiger partial charge in [0.15, 0.2) is 0 Å². The van der Waals surface area contributed by atoms with Crippen LogP contribution < -0.4 is 0 Å². The summed E-state index contributed by atoms with van der Waals surface area (Å²) in [6.45, 7) is 0.412. The quantitative estimate of drug-likeness (QED) is 0.732. The molecule has 2 heterocycles. The molecule has 0 fully saturated rings. The van der Waals surface area contributed by atoms with Gasteiger partial charge < -0.3 is 4.57 Å². The summed E-state index contributed by atoms with van der Waals surface area (Å²) in [7, 11) is 0. The third-order valence-electron chi connectivity index (χ3n) is 3.26. The molecular weight excluding hydrogens is 291 g/mol. The number of alkyl halides is 3. The van der Waals surface area contributed by atoms with Crippen LogP contribution in [0.25, 0.3) is 11.4 Å². The van der Waals surface area contributed by atoms with Crippen LogP contribution in [0.5, 0.6) is 0 Å². The lowest BCUT2D eigenvalue weighted by Gasteiger charge is -2.14. The molecule has 0 N–H and O–H groups in total. The minimum atomic E-state index is -4.42. The van der Waals surface area contributed by atoms with E-state index in [-0.39, 0.29) is 11.4 Å². The molecule has 0 atom stereocenters. The van der Waals surface area contributed by atoms with Crippen molar-refractivity contribution in [1.29, 1.82) is 0 Å². The normalized spacial score (nSPS) is 11.6. The van der Waals surface area contributed by atoms with E-state index in [0.717, 1.165) is 11.6 Å². The molecule has 3 nitrogen and oxygen atoms in total. The molecule has 3 rings (SSSR count). The van der Waals surface area contributed by atoms with E-state index in [1.807, 2.05) is 6.07 Å². The molecule has 3 aromatic rings. The summed E-state index contributed by atoms with van der Waals surface area (Å²) in [5, 5.41) is 0. The Labute approximate surface area is 125 Å². The lowest BCUT2D eigenvalue weighted by Crippen LogP contribution is -2.09. The Kier molecular flexibility index (Phi) is 3.66. The van der Waals surface area contributed by atoms with Crippen molar-refractivity contribution in [2.45, 2.75) is 12.7 Å². The van der Waals surface area contributed by atoms with E-state index in [1.165, 1.54) is 18.3 Å². The Balaban J connectivity index is 2.03. The van der Waals surface area contributed by atoms with Crippen molar-refractivity contribution in [3.8, 4) is 11.4 Å². The molecule has 0 bridgehead atoms. The van der Waals surface area contributed by atoms with Crippen LogP contribution in [0, 0.1) is 0 Å². The maximum atomic E-state index is 13.2. The summed E-state index contributed by atoms with van der Waals surface area (Å²) < 4.78 is 41.1. The zero-order valence-electron chi connectivity index (χ0n) is 11.5. The van der Waals surface area contributed by atoms with E-state index in [1.54, 1.807) is 35.3 Å². The molecule has 1 aromatic carbocycles. The Morgan fingerprint density at radius 1 is 1.00 bits per heavy atom. The molecule has 0 saturated heterocycles. The van der Waals surface area contributed by atoms with Gasteiger partial charge in [-0.2, -0.15) is 13.2 Å². The number of hydrogen-bond acceptors (Lipinski definition) is 2. The first-order valence-electron chi connectivity index (χ1n) is 6.62. The summed E-state index contributed by atoms with van der Waals surface area (Å²) in [6.07, 6.45) is 2.08. The SMILES string of the molecule is FC(F)(F)c1ccccc1-c1nccn1Cc1cccnc1. The smallest absolute Gasteiger partial charge is 0.326 e. The predicted molar refractivity (Wildman–Crippen MR) is 76.0 cm³/mol. The first-order chi connectivity index (χ1) is 10.6. The van der Waals surface area contributed by atoms with Gasteiger partial charge in [-0.1, -0.05) is 24.3 Å². The van der Waals surface area contributed by atoms with Crippen LogP contribution in [0.2, 0.25) is 0 Å². The zero-order valence-corrected chi connectivity index (χ0v) is 11.5. The first kappa shape index (κ1) is 14.3. The summed E-state index contributed by atoms with van der Waals surface area (Å²) in [6, 6.07) is 9.11. The van der Waals surface area contributed by atoms with Crippen molar-refractivity contribution < 1.29 is 13.2 Å². The number of pyridine rings is 1. The van der Waals surface area contributed by atoms with Crippen molar-refractivity contribution in [1.82, 2.24) is 14.5 Å². The number of benzene rings is 1. The Morgan fingerprint density at radius 2 is 1.82 bits per heavy atom. The van der Waals surface area contributed by atoms with Crippen LogP contribution in [-0.4, -0.2) is 14.5 Å². The second-order valence-corrected chi connectivity index (χ2v) is 4.78. The molecule has 0 amide bonds. The average molecular weight is 303 g/mol. The van der Waals surface area contributed by atoms with E-state index in [9.17, 15) is 13.2 Å². The highest BCUT2D eigenvalue weighted by atomic mass is 19.4. The van der Waals surface area contributed by atoms with Gasteiger partial charge in [-0.15, -0.1) is 0 Å². The molecule has 0 radical (unpaired) electrons. The van der Waals surface area contributed by atoms with Crippen LogP contribution in [-0.2, 0) is 12.7 Å². The van der Waals surface area contributed by atoms with Crippen LogP contribution in [0.3, 0.4) is 0 Å². The molecule has 0 aliphatic carbocycles. The maximum Gasteiger partial charge on any atom is 0.417 e.